The van der Waals surface area contributed by atoms with Crippen LogP contribution in [0.25, 0.3) is 16.6 Å². The minimum Gasteiger partial charge on any atom is -0.370 e. The van der Waals surface area contributed by atoms with Crippen LogP contribution in [0, 0.1) is 0 Å². The van der Waals surface area contributed by atoms with Crippen molar-refractivity contribution < 1.29 is 22.8 Å². The van der Waals surface area contributed by atoms with Crippen LogP contribution in [0.5, 0.6) is 0 Å². The molecule has 3 amide bonds. The van der Waals surface area contributed by atoms with Gasteiger partial charge in [0, 0.05) is 48.9 Å². The van der Waals surface area contributed by atoms with Crippen molar-refractivity contribution in [2.45, 2.75) is 57.9 Å². The summed E-state index contributed by atoms with van der Waals surface area (Å²) in [5, 5.41) is 8.09. The number of carbonyl (C=O) groups excluding carboxylic acids is 3. The second-order valence-corrected chi connectivity index (χ2v) is 13.7. The monoisotopic (exact) mass is 660 g/mol. The third-order valence-corrected chi connectivity index (χ3v) is 9.02. The Morgan fingerprint density at radius 1 is 1.12 bits per heavy atom. The van der Waals surface area contributed by atoms with Gasteiger partial charge in [0.1, 0.15) is 5.69 Å². The fraction of sp³-hybridized carbons (Fsp3) is 0.448. The zero-order valence-electron chi connectivity index (χ0n) is 24.3. The van der Waals surface area contributed by atoms with Gasteiger partial charge in [0.25, 0.3) is 5.91 Å². The van der Waals surface area contributed by atoms with Crippen LogP contribution in [0.15, 0.2) is 40.9 Å². The number of sulfonamides is 1. The van der Waals surface area contributed by atoms with Crippen LogP contribution in [0.3, 0.4) is 0 Å². The molecular weight excluding hydrogens is 624 g/mol. The van der Waals surface area contributed by atoms with Gasteiger partial charge in [-0.05, 0) is 81.0 Å². The van der Waals surface area contributed by atoms with Crippen molar-refractivity contribution in [1.82, 2.24) is 20.0 Å². The number of fused-ring (bicyclic) bond motifs is 1. The Morgan fingerprint density at radius 3 is 2.33 bits per heavy atom. The molecule has 1 aliphatic rings. The number of primary amides is 1. The Labute approximate surface area is 254 Å². The maximum Gasteiger partial charge on any atom is 0.270 e. The number of nitrogens with one attached hydrogen (secondary N) is 1. The number of hydrogen-bond donors (Lipinski definition) is 2. The summed E-state index contributed by atoms with van der Waals surface area (Å²) in [6.07, 6.45) is 3.37. The first-order valence-electron chi connectivity index (χ1n) is 13.9. The fourth-order valence-electron chi connectivity index (χ4n) is 5.08. The Kier molecular flexibility index (Phi) is 9.61. The molecule has 0 aliphatic heterocycles. The van der Waals surface area contributed by atoms with E-state index in [1.165, 1.54) is 10.6 Å². The van der Waals surface area contributed by atoms with Crippen LogP contribution in [0.2, 0.25) is 0 Å². The molecule has 0 atom stereocenters. The number of halogens is 1. The van der Waals surface area contributed by atoms with E-state index in [4.69, 9.17) is 10.8 Å². The second-order valence-electron chi connectivity index (χ2n) is 10.9. The molecule has 11 nitrogen and oxygen atoms in total. The van der Waals surface area contributed by atoms with Crippen LogP contribution >= 0.6 is 15.9 Å². The van der Waals surface area contributed by atoms with E-state index in [1.54, 1.807) is 22.7 Å². The van der Waals surface area contributed by atoms with E-state index in [-0.39, 0.29) is 43.2 Å². The van der Waals surface area contributed by atoms with Gasteiger partial charge in [-0.15, -0.1) is 0 Å². The van der Waals surface area contributed by atoms with Crippen LogP contribution in [0.1, 0.15) is 67.9 Å². The van der Waals surface area contributed by atoms with Crippen molar-refractivity contribution in [3.05, 3.63) is 52.1 Å². The van der Waals surface area contributed by atoms with Crippen molar-refractivity contribution in [3.63, 3.8) is 0 Å². The Balaban J connectivity index is 1.73. The van der Waals surface area contributed by atoms with E-state index >= 15 is 0 Å². The third kappa shape index (κ3) is 7.12. The molecule has 4 rings (SSSR count). The third-order valence-electron chi connectivity index (χ3n) is 7.31. The number of aromatic nitrogens is 2. The van der Waals surface area contributed by atoms with Crippen LogP contribution in [-0.4, -0.2) is 73.3 Å². The van der Waals surface area contributed by atoms with Gasteiger partial charge in [0.15, 0.2) is 0 Å². The zero-order chi connectivity index (χ0) is 30.8. The van der Waals surface area contributed by atoms with Crippen LogP contribution in [0.4, 0.5) is 5.69 Å². The Bertz CT molecular complexity index is 1600. The highest BCUT2D eigenvalue weighted by Crippen LogP contribution is 2.46. The highest BCUT2D eigenvalue weighted by molar-refractivity contribution is 9.10. The number of nitrogens with zero attached hydrogens (tertiary/aromatic N) is 4. The second kappa shape index (κ2) is 12.8. The van der Waals surface area contributed by atoms with Gasteiger partial charge in [-0.2, -0.15) is 5.10 Å². The average Bonchev–Trinajstić information content (AvgIpc) is 3.70. The molecule has 3 aromatic rings. The lowest BCUT2D eigenvalue weighted by Gasteiger charge is -2.29. The molecule has 0 bridgehead atoms. The maximum absolute atomic E-state index is 13.2. The van der Waals surface area contributed by atoms with Crippen molar-refractivity contribution in [3.8, 4) is 5.69 Å². The molecule has 226 valence electrons. The molecule has 0 saturated heterocycles. The predicted molar refractivity (Wildman–Crippen MR) is 166 cm³/mol. The quantitative estimate of drug-likeness (QED) is 0.286. The number of amides is 3. The van der Waals surface area contributed by atoms with Gasteiger partial charge in [0.2, 0.25) is 21.8 Å². The molecule has 2 aromatic carbocycles. The van der Waals surface area contributed by atoms with Gasteiger partial charge < -0.3 is 16.0 Å². The lowest BCUT2D eigenvalue weighted by atomic mass is 10.0. The number of carbonyl (C=O) groups is 3. The summed E-state index contributed by atoms with van der Waals surface area (Å²) in [5.41, 5.74) is 8.16. The number of hydrogen-bond acceptors (Lipinski definition) is 6. The molecule has 1 aromatic heterocycles. The lowest BCUT2D eigenvalue weighted by Crippen LogP contribution is -2.40. The molecular formula is C29H37BrN6O5S. The molecule has 3 N–H and O–H groups in total. The van der Waals surface area contributed by atoms with E-state index in [2.05, 4.69) is 21.2 Å². The minimum absolute atomic E-state index is 0.0144. The van der Waals surface area contributed by atoms with E-state index in [1.807, 2.05) is 44.2 Å². The van der Waals surface area contributed by atoms with E-state index < -0.39 is 15.9 Å². The summed E-state index contributed by atoms with van der Waals surface area (Å²) in [4.78, 5) is 38.6. The minimum atomic E-state index is -3.71. The largest absolute Gasteiger partial charge is 0.370 e. The Hall–Kier alpha value is -3.45. The maximum atomic E-state index is 13.2. The molecule has 1 aliphatic carbocycles. The number of benzene rings is 2. The van der Waals surface area contributed by atoms with Crippen molar-refractivity contribution >= 4 is 60.3 Å². The first kappa shape index (κ1) is 31.5. The van der Waals surface area contributed by atoms with E-state index in [9.17, 15) is 22.8 Å². The first-order chi connectivity index (χ1) is 19.8. The topological polar surface area (TPSA) is 148 Å². The molecule has 42 heavy (non-hydrogen) atoms. The van der Waals surface area contributed by atoms with Crippen molar-refractivity contribution in [2.24, 2.45) is 5.73 Å². The first-order valence-corrected chi connectivity index (χ1v) is 16.6. The van der Waals surface area contributed by atoms with Gasteiger partial charge in [0.05, 0.1) is 23.1 Å². The van der Waals surface area contributed by atoms with Gasteiger partial charge in [-0.3, -0.25) is 18.7 Å². The average molecular weight is 662 g/mol. The van der Waals surface area contributed by atoms with Crippen LogP contribution in [-0.2, 0) is 19.6 Å². The van der Waals surface area contributed by atoms with Crippen LogP contribution < -0.4 is 15.4 Å². The fourth-order valence-corrected chi connectivity index (χ4v) is 6.32. The standard InChI is InChI=1S/C29H37BrN6O5S/c1-18(2)34(27(38)13-12-26(31)37)14-5-15-35(42(4,40)41)25-17-24-23(16-22(25)19-6-7-19)28(29(39)32-3)36(33-24)21-10-8-20(30)9-11-21/h8-11,16-19H,5-7,12-15H2,1-4H3,(H2,31,37)(H,32,39). The van der Waals surface area contributed by atoms with Gasteiger partial charge in [-0.25, -0.2) is 13.1 Å². The number of nitrogens with two attached hydrogens (primary N) is 1. The lowest BCUT2D eigenvalue weighted by molar-refractivity contribution is -0.134. The normalized spacial score (nSPS) is 13.4. The molecule has 13 heteroatoms. The summed E-state index contributed by atoms with van der Waals surface area (Å²) in [5.74, 6) is -0.870. The zero-order valence-corrected chi connectivity index (χ0v) is 26.7. The van der Waals surface area contributed by atoms with Crippen molar-refractivity contribution in [1.29, 1.82) is 0 Å². The Morgan fingerprint density at radius 2 is 1.79 bits per heavy atom. The highest BCUT2D eigenvalue weighted by Gasteiger charge is 2.33. The smallest absolute Gasteiger partial charge is 0.270 e. The molecule has 0 unspecified atom stereocenters. The van der Waals surface area contributed by atoms with Crippen molar-refractivity contribution in [2.75, 3.05) is 30.7 Å². The summed E-state index contributed by atoms with van der Waals surface area (Å²) < 4.78 is 30.2. The molecule has 0 spiro atoms. The highest BCUT2D eigenvalue weighted by atomic mass is 79.9. The molecule has 1 fully saturated rings. The molecule has 1 heterocycles. The molecule has 0 radical (unpaired) electrons. The van der Waals surface area contributed by atoms with Gasteiger partial charge in [-0.1, -0.05) is 15.9 Å². The SMILES string of the molecule is CNC(=O)c1c2cc(C3CC3)c(N(CCCN(C(=O)CCC(N)=O)C(C)C)S(C)(=O)=O)cc2nn1-c1ccc(Br)cc1. The number of anilines is 1. The molecule has 1 saturated carbocycles. The summed E-state index contributed by atoms with van der Waals surface area (Å²) in [6.45, 7) is 4.22. The number of rotatable bonds is 13. The summed E-state index contributed by atoms with van der Waals surface area (Å²) in [7, 11) is -2.14. The van der Waals surface area contributed by atoms with E-state index in [0.29, 0.717) is 40.9 Å². The predicted octanol–water partition coefficient (Wildman–Crippen LogP) is 3.68. The van der Waals surface area contributed by atoms with Gasteiger partial charge >= 0.3 is 0 Å². The van der Waals surface area contributed by atoms with E-state index in [0.717, 1.165) is 22.9 Å². The summed E-state index contributed by atoms with van der Waals surface area (Å²) >= 11 is 3.44. The summed E-state index contributed by atoms with van der Waals surface area (Å²) in [6, 6.07) is 11.0.